The molecule has 2 spiro atoms. The Morgan fingerprint density at radius 3 is 0.689 bits per heavy atom. The fourth-order valence-corrected chi connectivity index (χ4v) is 24.0. The monoisotopic (exact) mass is 1820 g/mol. The van der Waals surface area contributed by atoms with E-state index in [0.717, 1.165) is 140 Å². The molecule has 4 aromatic heterocycles. The predicted octanol–water partition coefficient (Wildman–Crippen LogP) is 29.7. The Labute approximate surface area is 783 Å². The predicted molar refractivity (Wildman–Crippen MR) is 535 cm³/mol. The third-order valence-corrected chi connectivity index (χ3v) is 29.2. The first kappa shape index (κ1) is 78.5. The first-order chi connectivity index (χ1) is 65.3. The number of para-hydroxylation sites is 8. The molecule has 0 fully saturated rings. The molecule has 8 heterocycles. The van der Waals surface area contributed by atoms with Crippen LogP contribution in [0.5, 0.6) is 23.0 Å². The second-order valence-electron chi connectivity index (χ2n) is 34.6. The summed E-state index contributed by atoms with van der Waals surface area (Å²) in [6.45, 7) is 0. The van der Waals surface area contributed by atoms with Crippen molar-refractivity contribution in [3.8, 4) is 45.8 Å². The minimum absolute atomic E-state index is 0.270. The Bertz CT molecular complexity index is 7310. The lowest BCUT2D eigenvalue weighted by Crippen LogP contribution is -2.38. The maximum absolute atomic E-state index is 6.93. The number of fused-ring (bicyclic) bond motifs is 24. The molecule has 0 amide bonds. The van der Waals surface area contributed by atoms with Crippen molar-refractivity contribution in [2.45, 2.75) is 33.5 Å². The van der Waals surface area contributed by atoms with Crippen LogP contribution in [0.2, 0.25) is 0 Å². The molecule has 8 nitrogen and oxygen atoms in total. The van der Waals surface area contributed by atoms with Crippen molar-refractivity contribution < 1.29 is 9.47 Å². The van der Waals surface area contributed by atoms with Crippen LogP contribution in [0.3, 0.4) is 0 Å². The van der Waals surface area contributed by atoms with Crippen molar-refractivity contribution in [1.82, 2.24) is 19.9 Å². The van der Waals surface area contributed by atoms with Crippen molar-refractivity contribution in [2.75, 3.05) is 9.80 Å². The summed E-state index contributed by atoms with van der Waals surface area (Å²) in [5.74, 6) is 3.33. The van der Waals surface area contributed by atoms with E-state index in [1.165, 1.54) is 77.9 Å². The van der Waals surface area contributed by atoms with E-state index in [-0.39, 0.29) is 5.41 Å². The number of rotatable bonds is 8. The van der Waals surface area contributed by atoms with Crippen LogP contribution >= 0.6 is 31.9 Å². The molecule has 3 aliphatic carbocycles. The number of nitrogens with zero attached hydrogens (tertiary/aromatic N) is 6. The molecule has 0 bridgehead atoms. The smallest absolute Gasteiger partial charge is 0.132 e. The summed E-state index contributed by atoms with van der Waals surface area (Å²) >= 11 is 7.26. The Kier molecular flexibility index (Phi) is 18.6. The van der Waals surface area contributed by atoms with Crippen LogP contribution < -0.4 is 19.3 Å². The van der Waals surface area contributed by atoms with E-state index < -0.39 is 21.7 Å². The molecule has 0 saturated carbocycles. The number of hydrogen-bond donors (Lipinski definition) is 0. The SMILES string of the molecule is Brc1cnc2c(c1)C1(c3ccccc3Oc3ccccc31)c1cc(Br)cnc1-2.c1ccc(C2(c3ccccc3)c3ccccc3Cc3ccccc32)cc1.c1ccc(C2(c3ccccc3)c3ccccc3N(c3cnc4c(c3)C3(c5ccccc5Oc5ccccc53)c3cc(N5c6ccccc6C(c6ccccc6)(c6ccccc6)c6ccccc65)cnc3-4)c3ccccc32)cc1. The minimum atomic E-state index is -0.887. The zero-order chi connectivity index (χ0) is 87.7. The molecule has 10 heteroatoms. The maximum Gasteiger partial charge on any atom is 0.132 e. The van der Waals surface area contributed by atoms with Gasteiger partial charge in [-0.15, -0.1) is 0 Å². The lowest BCUT2D eigenvalue weighted by molar-refractivity contribution is 0.436. The number of hydrogen-bond acceptors (Lipinski definition) is 8. The van der Waals surface area contributed by atoms with Crippen LogP contribution in [0, 0.1) is 0 Å². The molecule has 0 unspecified atom stereocenters. The normalized spacial score (nSPS) is 14.8. The van der Waals surface area contributed by atoms with Crippen LogP contribution in [0.1, 0.15) is 122 Å². The zero-order valence-corrected chi connectivity index (χ0v) is 74.7. The van der Waals surface area contributed by atoms with Gasteiger partial charge in [0.25, 0.3) is 0 Å². The van der Waals surface area contributed by atoms with Crippen molar-refractivity contribution in [3.05, 3.63) is 605 Å². The van der Waals surface area contributed by atoms with Gasteiger partial charge in [-0.05, 0) is 189 Å². The number of benzene rings is 16. The Morgan fingerprint density at radius 2 is 0.409 bits per heavy atom. The van der Waals surface area contributed by atoms with E-state index in [9.17, 15) is 0 Å². The van der Waals surface area contributed by atoms with Crippen molar-refractivity contribution in [2.24, 2.45) is 0 Å². The number of aromatic nitrogens is 4. The van der Waals surface area contributed by atoms with Crippen LogP contribution in [0.25, 0.3) is 22.8 Å². The van der Waals surface area contributed by atoms with Gasteiger partial charge in [0.1, 0.15) is 23.0 Å². The highest BCUT2D eigenvalue weighted by Crippen LogP contribution is 2.67. The summed E-state index contributed by atoms with van der Waals surface area (Å²) < 4.78 is 15.1. The van der Waals surface area contributed by atoms with Crippen molar-refractivity contribution in [1.29, 1.82) is 0 Å². The van der Waals surface area contributed by atoms with Gasteiger partial charge in [0.15, 0.2) is 0 Å². The highest BCUT2D eigenvalue weighted by atomic mass is 79.9. The number of ether oxygens (including phenoxy) is 2. The summed E-state index contributed by atoms with van der Waals surface area (Å²) in [4.78, 5) is 25.6. The number of pyridine rings is 4. The van der Waals surface area contributed by atoms with Gasteiger partial charge < -0.3 is 19.3 Å². The maximum atomic E-state index is 6.93. The molecule has 27 rings (SSSR count). The number of anilines is 6. The average Bonchev–Trinajstić information content (AvgIpc) is 1.41. The van der Waals surface area contributed by atoms with Gasteiger partial charge in [-0.3, -0.25) is 19.9 Å². The molecule has 0 saturated heterocycles. The third-order valence-electron chi connectivity index (χ3n) is 28.3. The molecule has 624 valence electrons. The van der Waals surface area contributed by atoms with E-state index >= 15 is 0 Å². The lowest BCUT2D eigenvalue weighted by atomic mass is 9.60. The summed E-state index contributed by atoms with van der Waals surface area (Å²) in [7, 11) is 0. The van der Waals surface area contributed by atoms with Gasteiger partial charge in [0.2, 0.25) is 0 Å². The minimum Gasteiger partial charge on any atom is -0.457 e. The summed E-state index contributed by atoms with van der Waals surface area (Å²) in [5, 5.41) is 0. The topological polar surface area (TPSA) is 76.5 Å². The Hall–Kier alpha value is -15.7. The van der Waals surface area contributed by atoms with Crippen LogP contribution in [0.4, 0.5) is 34.1 Å². The van der Waals surface area contributed by atoms with Crippen LogP contribution in [0.15, 0.2) is 483 Å². The van der Waals surface area contributed by atoms with Gasteiger partial charge in [0.05, 0.1) is 96.4 Å². The third kappa shape index (κ3) is 11.4. The highest BCUT2D eigenvalue weighted by Gasteiger charge is 2.57. The fraction of sp³-hybridized carbons (Fsp3) is 0.0492. The largest absolute Gasteiger partial charge is 0.457 e. The second-order valence-corrected chi connectivity index (χ2v) is 36.5. The van der Waals surface area contributed by atoms with Gasteiger partial charge >= 0.3 is 0 Å². The summed E-state index contributed by atoms with van der Waals surface area (Å²) in [6.07, 6.45) is 8.78. The van der Waals surface area contributed by atoms with E-state index in [4.69, 9.17) is 29.4 Å². The molecule has 4 aliphatic heterocycles. The first-order valence-corrected chi connectivity index (χ1v) is 46.5. The van der Waals surface area contributed by atoms with Crippen LogP contribution in [-0.4, -0.2) is 19.9 Å². The van der Waals surface area contributed by atoms with E-state index in [0.29, 0.717) is 0 Å². The molecule has 0 radical (unpaired) electrons. The average molecular weight is 1820 g/mol. The highest BCUT2D eigenvalue weighted by molar-refractivity contribution is 9.10. The van der Waals surface area contributed by atoms with E-state index in [1.54, 1.807) is 0 Å². The van der Waals surface area contributed by atoms with Gasteiger partial charge in [-0.2, -0.15) is 0 Å². The summed E-state index contributed by atoms with van der Waals surface area (Å²) in [5.41, 5.74) is 33.4. The Balaban J connectivity index is 0.000000139. The zero-order valence-electron chi connectivity index (χ0n) is 71.5. The molecular formula is C122H80Br2N6O2. The van der Waals surface area contributed by atoms with E-state index in [2.05, 4.69) is 479 Å². The fourth-order valence-electron chi connectivity index (χ4n) is 23.3. The molecular weight excluding hydrogens is 1740 g/mol. The summed E-state index contributed by atoms with van der Waals surface area (Å²) in [6, 6.07) is 162. The van der Waals surface area contributed by atoms with Gasteiger partial charge in [0, 0.05) is 65.8 Å². The lowest BCUT2D eigenvalue weighted by Gasteiger charge is -2.46. The molecule has 132 heavy (non-hydrogen) atoms. The first-order valence-electron chi connectivity index (χ1n) is 44.9. The number of halogens is 2. The van der Waals surface area contributed by atoms with E-state index in [1.807, 2.05) is 36.7 Å². The molecule has 7 aliphatic rings. The van der Waals surface area contributed by atoms with Gasteiger partial charge in [-0.25, -0.2) is 0 Å². The van der Waals surface area contributed by atoms with Crippen LogP contribution in [-0.2, 0) is 33.5 Å². The molecule has 0 N–H and O–H groups in total. The van der Waals surface area contributed by atoms with Gasteiger partial charge in [-0.1, -0.05) is 376 Å². The molecule has 20 aromatic rings. The molecule has 16 aromatic carbocycles. The van der Waals surface area contributed by atoms with Crippen molar-refractivity contribution in [3.63, 3.8) is 0 Å². The quantitative estimate of drug-likeness (QED) is 0.149. The standard InChI is InChI=1S/C73H48N4O.C26H20.C23H12Br2N2O/c1-5-25-49(26-6-1)71(50-27-7-2-8-28-50)55-33-13-19-39-63(55)76(64-40-20-14-34-56(64)71)53-45-61-69(74-47-53)70-62(73(61)59-37-17-23-43-67(59)78-68-44-24-18-38-60(68)73)46-54(48-75-70)77-65-41-21-15-35-57(65)72(51-29-9-3-10-30-51,52-31-11-4-12-32-52)58-36-16-22-42-66(58)77;1-3-13-22(14-4-1)26(23-15-5-2-6-16-23)24-17-9-7-11-20(24)19-21-12-8-10-18-25(21)26;24-13-9-17-21(26-11-13)22-18(10-14(25)12-27-22)23(17)15-5-1-3-7-19(15)28-20-8-4-2-6-16(20)23/h1-48H;1-18H,19H2;1-12H. The second kappa shape index (κ2) is 31.3. The molecule has 0 atom stereocenters. The Morgan fingerprint density at radius 1 is 0.197 bits per heavy atom. The van der Waals surface area contributed by atoms with Crippen molar-refractivity contribution >= 4 is 66.0 Å².